The Kier molecular flexibility index (Phi) is 3.29. The van der Waals surface area contributed by atoms with Crippen LogP contribution < -0.4 is 10.5 Å². The Bertz CT molecular complexity index is 592. The van der Waals surface area contributed by atoms with Crippen LogP contribution in [0, 0.1) is 0 Å². The van der Waals surface area contributed by atoms with Crippen LogP contribution in [0.25, 0.3) is 0 Å². The summed E-state index contributed by atoms with van der Waals surface area (Å²) in [4.78, 5) is 4.64. The van der Waals surface area contributed by atoms with E-state index in [4.69, 9.17) is 10.5 Å². The van der Waals surface area contributed by atoms with E-state index >= 15 is 0 Å². The number of ether oxygens (including phenoxy) is 1. The lowest BCUT2D eigenvalue weighted by Crippen LogP contribution is -2.12. The minimum absolute atomic E-state index is 0.136. The fraction of sp³-hybridized carbons (Fsp3) is 0.400. The summed E-state index contributed by atoms with van der Waals surface area (Å²) in [5.41, 5.74) is 9.83. The van der Waals surface area contributed by atoms with Gasteiger partial charge in [0.1, 0.15) is 10.8 Å². The van der Waals surface area contributed by atoms with Crippen LogP contribution in [0.3, 0.4) is 0 Å². The zero-order valence-electron chi connectivity index (χ0n) is 11.2. The van der Waals surface area contributed by atoms with Gasteiger partial charge in [-0.3, -0.25) is 0 Å². The summed E-state index contributed by atoms with van der Waals surface area (Å²) < 4.78 is 5.52. The number of thiazole rings is 1. The van der Waals surface area contributed by atoms with Crippen LogP contribution in [0.2, 0.25) is 0 Å². The fourth-order valence-electron chi connectivity index (χ4n) is 2.25. The van der Waals surface area contributed by atoms with E-state index in [1.807, 2.05) is 12.1 Å². The molecule has 0 radical (unpaired) electrons. The molecular formula is C15H18N2OS. The first kappa shape index (κ1) is 12.6. The highest BCUT2D eigenvalue weighted by Crippen LogP contribution is 2.31. The van der Waals surface area contributed by atoms with Gasteiger partial charge in [-0.1, -0.05) is 19.9 Å². The Labute approximate surface area is 117 Å². The van der Waals surface area contributed by atoms with Crippen molar-refractivity contribution in [2.45, 2.75) is 32.2 Å². The number of hydrogen-bond donors (Lipinski definition) is 1. The summed E-state index contributed by atoms with van der Waals surface area (Å²) in [5, 5.41) is 3.10. The number of nitrogens with zero attached hydrogens (tertiary/aromatic N) is 1. The molecule has 0 fully saturated rings. The van der Waals surface area contributed by atoms with Gasteiger partial charge in [0.15, 0.2) is 0 Å². The van der Waals surface area contributed by atoms with Gasteiger partial charge < -0.3 is 10.5 Å². The van der Waals surface area contributed by atoms with Crippen molar-refractivity contribution in [2.75, 3.05) is 6.61 Å². The number of hydrogen-bond acceptors (Lipinski definition) is 4. The number of rotatable bonds is 3. The number of benzene rings is 1. The first-order chi connectivity index (χ1) is 9.15. The maximum absolute atomic E-state index is 6.33. The van der Waals surface area contributed by atoms with E-state index in [1.54, 1.807) is 11.3 Å². The number of nitrogens with two attached hydrogens (primary N) is 1. The lowest BCUT2D eigenvalue weighted by Gasteiger charge is -2.10. The summed E-state index contributed by atoms with van der Waals surface area (Å²) >= 11 is 1.65. The zero-order valence-corrected chi connectivity index (χ0v) is 12.0. The number of fused-ring (bicyclic) bond motifs is 1. The summed E-state index contributed by atoms with van der Waals surface area (Å²) in [6.07, 6.45) is 0.977. The monoisotopic (exact) mass is 274 g/mol. The Morgan fingerprint density at radius 3 is 2.95 bits per heavy atom. The number of aromatic nitrogens is 1. The van der Waals surface area contributed by atoms with Gasteiger partial charge in [-0.15, -0.1) is 11.3 Å². The van der Waals surface area contributed by atoms with Crippen molar-refractivity contribution >= 4 is 11.3 Å². The van der Waals surface area contributed by atoms with E-state index in [0.29, 0.717) is 5.92 Å². The van der Waals surface area contributed by atoms with Crippen molar-refractivity contribution in [1.29, 1.82) is 0 Å². The molecule has 2 N–H and O–H groups in total. The standard InChI is InChI=1S/C15H18N2OS/c1-9(2)12-8-19-15(17-12)14(16)11-3-4-13-10(7-11)5-6-18-13/h3-4,7-9,14H,5-6,16H2,1-2H3. The van der Waals surface area contributed by atoms with Crippen LogP contribution in [0.4, 0.5) is 0 Å². The van der Waals surface area contributed by atoms with E-state index in [2.05, 4.69) is 30.3 Å². The molecule has 1 unspecified atom stereocenters. The summed E-state index contributed by atoms with van der Waals surface area (Å²) in [6.45, 7) is 5.08. The van der Waals surface area contributed by atoms with E-state index in [9.17, 15) is 0 Å². The van der Waals surface area contributed by atoms with Crippen LogP contribution in [-0.4, -0.2) is 11.6 Å². The predicted octanol–water partition coefficient (Wildman–Crippen LogP) is 3.25. The molecule has 4 heteroatoms. The molecule has 1 aliphatic rings. The zero-order chi connectivity index (χ0) is 13.4. The van der Waals surface area contributed by atoms with Crippen LogP contribution in [0.1, 0.15) is 47.6 Å². The lowest BCUT2D eigenvalue weighted by molar-refractivity contribution is 0.357. The van der Waals surface area contributed by atoms with Crippen molar-refractivity contribution in [1.82, 2.24) is 4.98 Å². The van der Waals surface area contributed by atoms with Gasteiger partial charge in [-0.25, -0.2) is 4.98 Å². The summed E-state index contributed by atoms with van der Waals surface area (Å²) in [6, 6.07) is 6.09. The van der Waals surface area contributed by atoms with Gasteiger partial charge >= 0.3 is 0 Å². The molecule has 2 aromatic rings. The van der Waals surface area contributed by atoms with Gasteiger partial charge in [0.05, 0.1) is 18.3 Å². The smallest absolute Gasteiger partial charge is 0.122 e. The molecule has 0 spiro atoms. The van der Waals surface area contributed by atoms with Crippen molar-refractivity contribution < 1.29 is 4.74 Å². The van der Waals surface area contributed by atoms with Crippen LogP contribution >= 0.6 is 11.3 Å². The van der Waals surface area contributed by atoms with Crippen molar-refractivity contribution in [2.24, 2.45) is 5.73 Å². The van der Waals surface area contributed by atoms with E-state index in [-0.39, 0.29) is 6.04 Å². The van der Waals surface area contributed by atoms with E-state index in [0.717, 1.165) is 35.0 Å². The normalized spacial score (nSPS) is 15.4. The molecular weight excluding hydrogens is 256 g/mol. The Balaban J connectivity index is 1.88. The molecule has 1 aromatic heterocycles. The summed E-state index contributed by atoms with van der Waals surface area (Å²) in [7, 11) is 0. The Hall–Kier alpha value is -1.39. The topological polar surface area (TPSA) is 48.1 Å². The highest BCUT2D eigenvalue weighted by atomic mass is 32.1. The molecule has 100 valence electrons. The molecule has 0 saturated heterocycles. The Morgan fingerprint density at radius 2 is 2.21 bits per heavy atom. The molecule has 0 bridgehead atoms. The highest BCUT2D eigenvalue weighted by Gasteiger charge is 2.18. The third kappa shape index (κ3) is 2.38. The maximum atomic E-state index is 6.33. The third-order valence-corrected chi connectivity index (χ3v) is 4.42. The second kappa shape index (κ2) is 4.94. The molecule has 3 nitrogen and oxygen atoms in total. The molecule has 1 aliphatic heterocycles. The highest BCUT2D eigenvalue weighted by molar-refractivity contribution is 7.09. The van der Waals surface area contributed by atoms with Gasteiger partial charge in [0, 0.05) is 11.8 Å². The van der Waals surface area contributed by atoms with E-state index in [1.165, 1.54) is 5.56 Å². The van der Waals surface area contributed by atoms with Crippen LogP contribution in [0.5, 0.6) is 5.75 Å². The average Bonchev–Trinajstić information content (AvgIpc) is 3.06. The molecule has 3 rings (SSSR count). The van der Waals surface area contributed by atoms with Crippen molar-refractivity contribution in [3.63, 3.8) is 0 Å². The molecule has 0 saturated carbocycles. The third-order valence-electron chi connectivity index (χ3n) is 3.47. The SMILES string of the molecule is CC(C)c1csc(C(N)c2ccc3c(c2)CCO3)n1. The van der Waals surface area contributed by atoms with Crippen LogP contribution in [-0.2, 0) is 6.42 Å². The Morgan fingerprint density at radius 1 is 1.37 bits per heavy atom. The average molecular weight is 274 g/mol. The minimum atomic E-state index is -0.136. The first-order valence-electron chi connectivity index (χ1n) is 6.61. The largest absolute Gasteiger partial charge is 0.493 e. The predicted molar refractivity (Wildman–Crippen MR) is 77.9 cm³/mol. The second-order valence-electron chi connectivity index (χ2n) is 5.21. The molecule has 1 aromatic carbocycles. The minimum Gasteiger partial charge on any atom is -0.493 e. The van der Waals surface area contributed by atoms with Gasteiger partial charge in [-0.2, -0.15) is 0 Å². The molecule has 0 aliphatic carbocycles. The second-order valence-corrected chi connectivity index (χ2v) is 6.10. The van der Waals surface area contributed by atoms with Gasteiger partial charge in [0.2, 0.25) is 0 Å². The van der Waals surface area contributed by atoms with Crippen LogP contribution in [0.15, 0.2) is 23.6 Å². The summed E-state index contributed by atoms with van der Waals surface area (Å²) in [5.74, 6) is 1.45. The van der Waals surface area contributed by atoms with Crippen molar-refractivity contribution in [3.8, 4) is 5.75 Å². The van der Waals surface area contributed by atoms with Gasteiger partial charge in [0.25, 0.3) is 0 Å². The first-order valence-corrected chi connectivity index (χ1v) is 7.49. The maximum Gasteiger partial charge on any atom is 0.122 e. The lowest BCUT2D eigenvalue weighted by atomic mass is 10.0. The quantitative estimate of drug-likeness (QED) is 0.934. The molecule has 2 heterocycles. The van der Waals surface area contributed by atoms with Gasteiger partial charge in [-0.05, 0) is 29.2 Å². The molecule has 0 amide bonds. The molecule has 19 heavy (non-hydrogen) atoms. The fourth-order valence-corrected chi connectivity index (χ4v) is 3.26. The van der Waals surface area contributed by atoms with Crippen molar-refractivity contribution in [3.05, 3.63) is 45.4 Å². The molecule has 1 atom stereocenters. The van der Waals surface area contributed by atoms with E-state index < -0.39 is 0 Å².